The van der Waals surface area contributed by atoms with Gasteiger partial charge >= 0.3 is 71.6 Å². The van der Waals surface area contributed by atoms with Crippen LogP contribution in [0.15, 0.2) is 150 Å². The van der Waals surface area contributed by atoms with Crippen LogP contribution in [0.25, 0.3) is 0 Å². The van der Waals surface area contributed by atoms with Crippen molar-refractivity contribution in [3.05, 3.63) is 206 Å². The molecule has 38 heteroatoms. The van der Waals surface area contributed by atoms with Gasteiger partial charge in [0.15, 0.2) is 0 Å². The van der Waals surface area contributed by atoms with E-state index in [-0.39, 0.29) is 268 Å². The zero-order valence-electron chi connectivity index (χ0n) is 42.5. The smallest absolute Gasteiger partial charge is 0.343 e. The van der Waals surface area contributed by atoms with Gasteiger partial charge in [0.05, 0.1) is 55.6 Å². The fourth-order valence-electron chi connectivity index (χ4n) is 4.42. The van der Waals surface area contributed by atoms with Crippen LogP contribution in [0.3, 0.4) is 0 Å². The number of carboxylic acid groups (broad SMARTS) is 12. The van der Waals surface area contributed by atoms with Gasteiger partial charge < -0.3 is 105 Å². The predicted octanol–water partition coefficient (Wildman–Crippen LogP) is -1.02. The van der Waals surface area contributed by atoms with E-state index in [4.69, 9.17) is 61.3 Å². The van der Waals surface area contributed by atoms with Crippen molar-refractivity contribution in [3.8, 4) is 0 Å². The normalized spacial score (nSPS) is 8.42. The average molecular weight is 1670 g/mol. The number of rotatable bonds is 12. The van der Waals surface area contributed by atoms with Gasteiger partial charge in [0.1, 0.15) is 11.1 Å². The molecule has 0 unspecified atom stereocenters. The molecule has 0 bridgehead atoms. The molecule has 0 atom stereocenters. The molecule has 1 aliphatic rings. The Balaban J connectivity index is -0.0000000574. The SMILES string of the molecule is O.O.O.O.O.O.O.O.O=C(O)C1=C=C(C(=O)O)C=C1.O=C(O)c1ccc(C(=O)O)cc1.O=C(O)c1ccc(C(=O)O)cc1.O=C(O)c1ccc(C(=O)O)cc1.O=C(O)c1ccc(C(=O)O)cc1.O=C(O)c1ccc(C(=O)O)cc1.[Zr].[Zr].[Zr].[Zr].[Zr].[Zr]. The number of hydrogen-bond donors (Lipinski definition) is 12. The molecule has 0 heterocycles. The molecule has 85 heavy (non-hydrogen) atoms. The molecule has 32 nitrogen and oxygen atoms in total. The van der Waals surface area contributed by atoms with Gasteiger partial charge in [-0.1, -0.05) is 5.73 Å². The molecule has 5 aromatic carbocycles. The molecule has 0 aromatic heterocycles. The first-order valence-corrected chi connectivity index (χ1v) is 18.7. The summed E-state index contributed by atoms with van der Waals surface area (Å²) in [5.41, 5.74) is 2.80. The van der Waals surface area contributed by atoms with Gasteiger partial charge in [0.25, 0.3) is 0 Å². The molecular weight excluding hydrogens is 1620 g/mol. The molecule has 0 amide bonds. The van der Waals surface area contributed by atoms with Gasteiger partial charge in [0.2, 0.25) is 0 Å². The van der Waals surface area contributed by atoms with Gasteiger partial charge in [-0.25, -0.2) is 57.5 Å². The molecule has 0 fully saturated rings. The van der Waals surface area contributed by atoms with Crippen molar-refractivity contribution in [1.29, 1.82) is 0 Å². The van der Waals surface area contributed by atoms with E-state index < -0.39 is 71.6 Å². The van der Waals surface area contributed by atoms with Crippen LogP contribution < -0.4 is 0 Å². The predicted molar refractivity (Wildman–Crippen MR) is 266 cm³/mol. The standard InChI is InChI=1S/5C8H6O4.C7H4O4.8H2O.6Zr/c5*9-7(10)5-1-2-6(4-3-5)8(11)12;8-6(9)4-1-2-5(3-4)7(10)11;;;;;;;;;;;;;;/h5*1-4H,(H,9,10)(H,11,12);1-2H,(H,8,9)(H,10,11);8*1H2;;;;;;. The number of benzene rings is 5. The zero-order valence-corrected chi connectivity index (χ0v) is 57.2. The maximum Gasteiger partial charge on any atom is 0.343 e. The molecule has 1 aliphatic carbocycles. The van der Waals surface area contributed by atoms with Crippen molar-refractivity contribution in [1.82, 2.24) is 0 Å². The second-order valence-corrected chi connectivity index (χ2v) is 12.8. The summed E-state index contributed by atoms with van der Waals surface area (Å²) in [5.74, 6) is -13.0. The van der Waals surface area contributed by atoms with E-state index >= 15 is 0 Å². The number of aromatic carboxylic acids is 10. The first-order chi connectivity index (χ1) is 33.2. The van der Waals surface area contributed by atoms with E-state index in [0.717, 1.165) is 0 Å². The Kier molecular flexibility index (Phi) is 78.1. The monoisotopic (exact) mass is 1670 g/mol. The number of carbonyl (C=O) groups is 12. The van der Waals surface area contributed by atoms with Crippen molar-refractivity contribution in [2.75, 3.05) is 0 Å². The van der Waals surface area contributed by atoms with Crippen LogP contribution in [0, 0.1) is 0 Å². The summed E-state index contributed by atoms with van der Waals surface area (Å²) in [5, 5.41) is 101. The average Bonchev–Trinajstić information content (AvgIpc) is 3.85. The van der Waals surface area contributed by atoms with E-state index in [2.05, 4.69) is 5.73 Å². The summed E-state index contributed by atoms with van der Waals surface area (Å²) in [7, 11) is 0. The summed E-state index contributed by atoms with van der Waals surface area (Å²) in [6.45, 7) is 0. The zero-order chi connectivity index (χ0) is 54.1. The number of hydrogen-bond acceptors (Lipinski definition) is 12. The summed E-state index contributed by atoms with van der Waals surface area (Å²) in [6, 6.07) is 25.1. The van der Waals surface area contributed by atoms with Crippen LogP contribution in [0.2, 0.25) is 0 Å². The summed E-state index contributed by atoms with van der Waals surface area (Å²) in [6.07, 6.45) is 2.40. The minimum absolute atomic E-state index is 0. The second-order valence-electron chi connectivity index (χ2n) is 12.8. The summed E-state index contributed by atoms with van der Waals surface area (Å²) in [4.78, 5) is 124. The third-order valence-corrected chi connectivity index (χ3v) is 8.04. The van der Waals surface area contributed by atoms with Crippen molar-refractivity contribution >= 4 is 71.6 Å². The fraction of sp³-hybridized carbons (Fsp3) is 0. The Morgan fingerprint density at radius 1 is 0.188 bits per heavy atom. The third kappa shape index (κ3) is 44.1. The minimum Gasteiger partial charge on any atom is -0.478 e. The van der Waals surface area contributed by atoms with E-state index in [0.29, 0.717) is 0 Å². The Labute approximate surface area is 591 Å². The Hall–Kier alpha value is -6.02. The van der Waals surface area contributed by atoms with Crippen LogP contribution in [-0.4, -0.2) is 177 Å². The van der Waals surface area contributed by atoms with Gasteiger partial charge in [-0.05, 0) is 133 Å². The van der Waals surface area contributed by atoms with Crippen LogP contribution in [0.5, 0.6) is 0 Å². The minimum atomic E-state index is -1.17. The summed E-state index contributed by atoms with van der Waals surface area (Å²) < 4.78 is 0. The Morgan fingerprint density at radius 2 is 0.271 bits per heavy atom. The van der Waals surface area contributed by atoms with Crippen LogP contribution in [-0.2, 0) is 167 Å². The van der Waals surface area contributed by atoms with E-state index in [1.54, 1.807) is 0 Å². The van der Waals surface area contributed by atoms with E-state index in [1.165, 1.54) is 133 Å². The van der Waals surface area contributed by atoms with Gasteiger partial charge in [-0.15, -0.1) is 0 Å². The van der Waals surface area contributed by atoms with Crippen molar-refractivity contribution in [3.63, 3.8) is 0 Å². The third-order valence-electron chi connectivity index (χ3n) is 8.04. The number of carboxylic acids is 12. The van der Waals surface area contributed by atoms with Gasteiger partial charge in [0, 0.05) is 157 Å². The van der Waals surface area contributed by atoms with E-state index in [1.807, 2.05) is 0 Å². The molecule has 0 aliphatic heterocycles. The van der Waals surface area contributed by atoms with Crippen LogP contribution in [0.4, 0.5) is 0 Å². The van der Waals surface area contributed by atoms with Crippen LogP contribution >= 0.6 is 0 Å². The first-order valence-electron chi connectivity index (χ1n) is 18.7. The molecule has 0 saturated carbocycles. The quantitative estimate of drug-likeness (QED) is 0.0665. The summed E-state index contributed by atoms with van der Waals surface area (Å²) >= 11 is 0. The molecule has 6 rings (SSSR count). The van der Waals surface area contributed by atoms with E-state index in [9.17, 15) is 57.5 Å². The van der Waals surface area contributed by atoms with Crippen LogP contribution in [0.1, 0.15) is 104 Å². The maximum atomic E-state index is 10.3. The molecule has 0 saturated heterocycles. The van der Waals surface area contributed by atoms with Gasteiger partial charge in [-0.3, -0.25) is 0 Å². The van der Waals surface area contributed by atoms with Crippen molar-refractivity contribution in [2.45, 2.75) is 0 Å². The van der Waals surface area contributed by atoms with Crippen molar-refractivity contribution < 1.29 is 320 Å². The molecule has 0 spiro atoms. The Morgan fingerprint density at radius 3 is 0.318 bits per heavy atom. The molecule has 5 aromatic rings. The largest absolute Gasteiger partial charge is 0.478 e. The number of aliphatic carboxylic acids is 2. The molecule has 0 radical (unpaired) electrons. The fourth-order valence-corrected chi connectivity index (χ4v) is 4.42. The molecule has 28 N–H and O–H groups in total. The first kappa shape index (κ1) is 114. The van der Waals surface area contributed by atoms with Crippen molar-refractivity contribution in [2.24, 2.45) is 0 Å². The topological polar surface area (TPSA) is 700 Å². The Bertz CT molecular complexity index is 2380. The van der Waals surface area contributed by atoms with Gasteiger partial charge in [-0.2, -0.15) is 0 Å². The maximum absolute atomic E-state index is 10.3. The molecule has 454 valence electrons. The second kappa shape index (κ2) is 58.4. The molecular formula is C47H50O32Zr6.